The van der Waals surface area contributed by atoms with Crippen molar-refractivity contribution < 1.29 is 19.1 Å². The van der Waals surface area contributed by atoms with E-state index in [0.717, 1.165) is 16.0 Å². The number of alkyl halides is 1. The van der Waals surface area contributed by atoms with Crippen molar-refractivity contribution in [3.63, 3.8) is 0 Å². The molecule has 0 radical (unpaired) electrons. The van der Waals surface area contributed by atoms with E-state index >= 15 is 0 Å². The summed E-state index contributed by atoms with van der Waals surface area (Å²) >= 11 is 10.4. The summed E-state index contributed by atoms with van der Waals surface area (Å²) in [6.07, 6.45) is 0. The molecule has 0 atom stereocenters. The van der Waals surface area contributed by atoms with Crippen LogP contribution in [0.2, 0.25) is 5.02 Å². The fraction of sp³-hybridized carbons (Fsp3) is 0.154. The maximum atomic E-state index is 13.2. The van der Waals surface area contributed by atoms with E-state index in [2.05, 4.69) is 26.0 Å². The summed E-state index contributed by atoms with van der Waals surface area (Å²) in [5.74, 6) is -0.739. The number of anilines is 1. The molecular formula is C26H21BrClN3O4S. The van der Waals surface area contributed by atoms with Gasteiger partial charge in [0.05, 0.1) is 22.5 Å². The molecule has 0 spiro atoms. The van der Waals surface area contributed by atoms with Crippen molar-refractivity contribution in [2.75, 3.05) is 17.3 Å². The first kappa shape index (κ1) is 27.3. The number of ketones is 1. The normalized spacial score (nSPS) is 10.3. The van der Waals surface area contributed by atoms with Crippen LogP contribution in [0, 0.1) is 25.2 Å². The van der Waals surface area contributed by atoms with Crippen LogP contribution < -0.4 is 14.8 Å². The molecule has 0 heterocycles. The first-order valence-electron chi connectivity index (χ1n) is 10.6. The van der Waals surface area contributed by atoms with Crippen molar-refractivity contribution in [3.8, 4) is 11.8 Å². The Morgan fingerprint density at radius 3 is 2.53 bits per heavy atom. The number of rotatable bonds is 9. The van der Waals surface area contributed by atoms with Crippen molar-refractivity contribution in [1.82, 2.24) is 4.72 Å². The number of ether oxygens (including phenoxy) is 1. The molecule has 3 aromatic rings. The van der Waals surface area contributed by atoms with E-state index in [1.165, 1.54) is 30.1 Å². The van der Waals surface area contributed by atoms with Crippen LogP contribution in [0.3, 0.4) is 0 Å². The molecule has 0 unspecified atom stereocenters. The highest BCUT2D eigenvalue weighted by Crippen LogP contribution is 2.27. The van der Waals surface area contributed by atoms with Gasteiger partial charge in [-0.1, -0.05) is 27.5 Å². The molecular weight excluding hydrogens is 566 g/mol. The van der Waals surface area contributed by atoms with Gasteiger partial charge in [0.25, 0.3) is 5.91 Å². The topological polar surface area (TPSA) is 108 Å². The molecule has 0 aliphatic rings. The molecule has 2 N–H and O–H groups in total. The van der Waals surface area contributed by atoms with Crippen molar-refractivity contribution in [3.05, 3.63) is 87.4 Å². The van der Waals surface area contributed by atoms with E-state index in [9.17, 15) is 19.6 Å². The van der Waals surface area contributed by atoms with Crippen LogP contribution in [0.25, 0.3) is 0 Å². The van der Waals surface area contributed by atoms with Gasteiger partial charge >= 0.3 is 0 Å². The largest absolute Gasteiger partial charge is 0.483 e. The number of halogens is 2. The zero-order valence-electron chi connectivity index (χ0n) is 19.4. The Bertz CT molecular complexity index is 1370. The van der Waals surface area contributed by atoms with E-state index in [0.29, 0.717) is 21.8 Å². The molecule has 0 saturated heterocycles. The summed E-state index contributed by atoms with van der Waals surface area (Å²) < 4.78 is 8.37. The Morgan fingerprint density at radius 1 is 1.06 bits per heavy atom. The van der Waals surface area contributed by atoms with Crippen LogP contribution in [0.15, 0.2) is 59.5 Å². The fourth-order valence-corrected chi connectivity index (χ4v) is 4.43. The van der Waals surface area contributed by atoms with Crippen LogP contribution >= 0.6 is 39.5 Å². The Balaban J connectivity index is 1.70. The van der Waals surface area contributed by atoms with E-state index in [4.69, 9.17) is 16.3 Å². The van der Waals surface area contributed by atoms with Crippen molar-refractivity contribution >= 4 is 62.8 Å². The second kappa shape index (κ2) is 12.6. The second-order valence-corrected chi connectivity index (χ2v) is 9.62. The zero-order chi connectivity index (χ0) is 26.2. The number of nitriles is 1. The number of carbonyl (C=O) groups excluding carboxylic acids is 3. The lowest BCUT2D eigenvalue weighted by Crippen LogP contribution is -2.21. The SMILES string of the molecule is Cc1cc(C#N)cc(C(=O)c2cc(Cl)ccc2OCC(=O)Nc2ccc(SNC(=O)CBr)cc2C)c1. The highest BCUT2D eigenvalue weighted by atomic mass is 79.9. The molecule has 0 bridgehead atoms. The van der Waals surface area contributed by atoms with Crippen LogP contribution in [0.4, 0.5) is 5.69 Å². The number of hydrogen-bond donors (Lipinski definition) is 2. The van der Waals surface area contributed by atoms with Crippen molar-refractivity contribution in [2.45, 2.75) is 18.7 Å². The smallest absolute Gasteiger partial charge is 0.262 e. The lowest BCUT2D eigenvalue weighted by atomic mass is 9.98. The molecule has 0 saturated carbocycles. The van der Waals surface area contributed by atoms with Gasteiger partial charge in [-0.25, -0.2) is 0 Å². The molecule has 3 aromatic carbocycles. The molecule has 184 valence electrons. The third kappa shape index (κ3) is 7.34. The number of nitrogens with one attached hydrogen (secondary N) is 2. The van der Waals surface area contributed by atoms with E-state index in [1.54, 1.807) is 37.3 Å². The van der Waals surface area contributed by atoms with E-state index < -0.39 is 5.91 Å². The summed E-state index contributed by atoms with van der Waals surface area (Å²) in [7, 11) is 0. The summed E-state index contributed by atoms with van der Waals surface area (Å²) in [5.41, 5.74) is 3.04. The van der Waals surface area contributed by atoms with Gasteiger partial charge in [0.1, 0.15) is 5.75 Å². The average molecular weight is 587 g/mol. The zero-order valence-corrected chi connectivity index (χ0v) is 22.5. The standard InChI is InChI=1S/C26H21BrClN3O4S/c1-15-7-17(13-29)10-18(8-15)26(34)21-11-19(28)3-6-23(21)35-14-25(33)30-22-5-4-20(9-16(22)2)36-31-24(32)12-27/h3-11H,12,14H2,1-2H3,(H,30,33)(H,31,32). The maximum absolute atomic E-state index is 13.2. The van der Waals surface area contributed by atoms with Gasteiger partial charge in [-0.15, -0.1) is 0 Å². The molecule has 0 aliphatic carbocycles. The number of hydrogen-bond acceptors (Lipinski definition) is 6. The summed E-state index contributed by atoms with van der Waals surface area (Å²) in [5, 5.41) is 12.6. The minimum absolute atomic E-state index is 0.153. The molecule has 0 fully saturated rings. The highest BCUT2D eigenvalue weighted by molar-refractivity contribution is 9.09. The third-order valence-electron chi connectivity index (χ3n) is 4.89. The minimum Gasteiger partial charge on any atom is -0.483 e. The summed E-state index contributed by atoms with van der Waals surface area (Å²) in [6.45, 7) is 3.29. The number of aryl methyl sites for hydroxylation is 2. The predicted octanol–water partition coefficient (Wildman–Crippen LogP) is 5.60. The Labute approximate surface area is 226 Å². The van der Waals surface area contributed by atoms with Crippen LogP contribution in [0.1, 0.15) is 32.6 Å². The van der Waals surface area contributed by atoms with Gasteiger partial charge in [0, 0.05) is 21.2 Å². The number of nitrogens with zero attached hydrogens (tertiary/aromatic N) is 1. The lowest BCUT2D eigenvalue weighted by Gasteiger charge is -2.13. The first-order valence-corrected chi connectivity index (χ1v) is 12.9. The van der Waals surface area contributed by atoms with Gasteiger partial charge in [0.2, 0.25) is 5.91 Å². The van der Waals surface area contributed by atoms with Gasteiger partial charge < -0.3 is 10.1 Å². The minimum atomic E-state index is -0.415. The molecule has 2 amide bonds. The Kier molecular flexibility index (Phi) is 9.53. The monoisotopic (exact) mass is 585 g/mol. The third-order valence-corrected chi connectivity index (χ3v) is 6.45. The predicted molar refractivity (Wildman–Crippen MR) is 144 cm³/mol. The number of carbonyl (C=O) groups is 3. The Morgan fingerprint density at radius 2 is 1.83 bits per heavy atom. The van der Waals surface area contributed by atoms with Crippen molar-refractivity contribution in [1.29, 1.82) is 5.26 Å². The average Bonchev–Trinajstić information content (AvgIpc) is 2.86. The second-order valence-electron chi connectivity index (χ2n) is 7.74. The summed E-state index contributed by atoms with van der Waals surface area (Å²) in [4.78, 5) is 38.0. The molecule has 3 rings (SSSR count). The van der Waals surface area contributed by atoms with Crippen LogP contribution in [-0.4, -0.2) is 29.5 Å². The first-order chi connectivity index (χ1) is 17.2. The van der Waals surface area contributed by atoms with E-state index in [1.807, 2.05) is 19.1 Å². The molecule has 0 aliphatic heterocycles. The lowest BCUT2D eigenvalue weighted by molar-refractivity contribution is -0.118. The molecule has 36 heavy (non-hydrogen) atoms. The quantitative estimate of drug-likeness (QED) is 0.192. The number of benzene rings is 3. The summed E-state index contributed by atoms with van der Waals surface area (Å²) in [6, 6.07) is 16.8. The Hall–Kier alpha value is -3.32. The molecule has 7 nitrogen and oxygen atoms in total. The van der Waals surface area contributed by atoms with Gasteiger partial charge in [-0.2, -0.15) is 5.26 Å². The van der Waals surface area contributed by atoms with Gasteiger partial charge in [-0.05, 0) is 91.5 Å². The van der Waals surface area contributed by atoms with Crippen LogP contribution in [0.5, 0.6) is 5.75 Å². The van der Waals surface area contributed by atoms with Crippen LogP contribution in [-0.2, 0) is 9.59 Å². The van der Waals surface area contributed by atoms with E-state index in [-0.39, 0.29) is 34.9 Å². The molecule has 10 heteroatoms. The maximum Gasteiger partial charge on any atom is 0.262 e. The van der Waals surface area contributed by atoms with Gasteiger partial charge in [-0.3, -0.25) is 19.1 Å². The molecule has 0 aromatic heterocycles. The van der Waals surface area contributed by atoms with Gasteiger partial charge in [0.15, 0.2) is 12.4 Å². The highest BCUT2D eigenvalue weighted by Gasteiger charge is 2.18. The fourth-order valence-electron chi connectivity index (χ4n) is 3.25. The number of amides is 2. The van der Waals surface area contributed by atoms with Crippen molar-refractivity contribution in [2.24, 2.45) is 0 Å².